The summed E-state index contributed by atoms with van der Waals surface area (Å²) in [5.74, 6) is -0.366. The highest BCUT2D eigenvalue weighted by molar-refractivity contribution is 5.97. The van der Waals surface area contributed by atoms with E-state index in [1.807, 2.05) is 44.2 Å². The Kier molecular flexibility index (Phi) is 5.33. The predicted molar refractivity (Wildman–Crippen MR) is 114 cm³/mol. The van der Waals surface area contributed by atoms with E-state index in [0.29, 0.717) is 38.0 Å². The number of carbonyl (C=O) groups is 3. The summed E-state index contributed by atoms with van der Waals surface area (Å²) in [5, 5.41) is 5.82. The zero-order valence-corrected chi connectivity index (χ0v) is 17.4. The SMILES string of the molecule is Cc1ccc(C)c(CNC(=O)[C@@H]2C[C@]3(CCN(C(=O)c4ccccc4)C3)C(=O)N2)c1. The zero-order valence-electron chi connectivity index (χ0n) is 17.4. The number of benzene rings is 2. The topological polar surface area (TPSA) is 78.5 Å². The number of amides is 3. The lowest BCUT2D eigenvalue weighted by molar-refractivity contribution is -0.128. The Morgan fingerprint density at radius 3 is 2.70 bits per heavy atom. The van der Waals surface area contributed by atoms with Crippen molar-refractivity contribution in [2.75, 3.05) is 13.1 Å². The van der Waals surface area contributed by atoms with E-state index >= 15 is 0 Å². The van der Waals surface area contributed by atoms with Crippen molar-refractivity contribution in [1.82, 2.24) is 15.5 Å². The molecule has 0 aromatic heterocycles. The van der Waals surface area contributed by atoms with Crippen molar-refractivity contribution in [2.45, 2.75) is 39.3 Å². The maximum atomic E-state index is 12.8. The van der Waals surface area contributed by atoms with Crippen molar-refractivity contribution in [1.29, 1.82) is 0 Å². The fourth-order valence-corrected chi connectivity index (χ4v) is 4.46. The first-order chi connectivity index (χ1) is 14.4. The molecule has 6 heteroatoms. The number of likely N-dealkylation sites (tertiary alicyclic amines) is 1. The van der Waals surface area contributed by atoms with E-state index in [4.69, 9.17) is 0 Å². The van der Waals surface area contributed by atoms with Gasteiger partial charge in [-0.1, -0.05) is 42.0 Å². The molecule has 0 unspecified atom stereocenters. The summed E-state index contributed by atoms with van der Waals surface area (Å²) in [4.78, 5) is 40.0. The summed E-state index contributed by atoms with van der Waals surface area (Å²) in [5.41, 5.74) is 3.29. The van der Waals surface area contributed by atoms with Crippen LogP contribution < -0.4 is 10.6 Å². The summed E-state index contributed by atoms with van der Waals surface area (Å²) < 4.78 is 0. The minimum atomic E-state index is -0.675. The standard InChI is InChI=1S/C24H27N3O3/c1-16-8-9-17(2)19(12-16)14-25-21(28)20-13-24(23(30)26-20)10-11-27(15-24)22(29)18-6-4-3-5-7-18/h3-9,12,20H,10-11,13-15H2,1-2H3,(H,25,28)(H,26,30)/t20-,24-/m0/s1. The number of nitrogens with one attached hydrogen (secondary N) is 2. The number of rotatable bonds is 4. The van der Waals surface area contributed by atoms with Crippen molar-refractivity contribution >= 4 is 17.7 Å². The summed E-state index contributed by atoms with van der Waals surface area (Å²) >= 11 is 0. The molecule has 2 aromatic rings. The van der Waals surface area contributed by atoms with Gasteiger partial charge in [-0.2, -0.15) is 0 Å². The van der Waals surface area contributed by atoms with Crippen LogP contribution in [0.4, 0.5) is 0 Å². The van der Waals surface area contributed by atoms with E-state index in [-0.39, 0.29) is 17.7 Å². The Hall–Kier alpha value is -3.15. The molecule has 0 bridgehead atoms. The quantitative estimate of drug-likeness (QED) is 0.820. The van der Waals surface area contributed by atoms with Crippen LogP contribution in [0, 0.1) is 19.3 Å². The lowest BCUT2D eigenvalue weighted by Gasteiger charge is -2.21. The predicted octanol–water partition coefficient (Wildman–Crippen LogP) is 2.34. The second kappa shape index (κ2) is 7.94. The van der Waals surface area contributed by atoms with Gasteiger partial charge in [0.05, 0.1) is 5.41 Å². The highest BCUT2D eigenvalue weighted by atomic mass is 16.2. The molecule has 4 rings (SSSR count). The smallest absolute Gasteiger partial charge is 0.253 e. The van der Waals surface area contributed by atoms with Crippen LogP contribution >= 0.6 is 0 Å². The third kappa shape index (κ3) is 3.82. The van der Waals surface area contributed by atoms with E-state index in [2.05, 4.69) is 16.7 Å². The molecule has 2 aliphatic heterocycles. The van der Waals surface area contributed by atoms with Gasteiger partial charge in [0.25, 0.3) is 5.91 Å². The average Bonchev–Trinajstić information content (AvgIpc) is 3.33. The first-order valence-electron chi connectivity index (χ1n) is 10.4. The molecule has 2 heterocycles. The van der Waals surface area contributed by atoms with Crippen LogP contribution in [0.1, 0.15) is 39.9 Å². The molecule has 2 aliphatic rings. The van der Waals surface area contributed by atoms with E-state index in [9.17, 15) is 14.4 Å². The van der Waals surface area contributed by atoms with Crippen LogP contribution in [0.25, 0.3) is 0 Å². The van der Waals surface area contributed by atoms with Gasteiger partial charge in [0, 0.05) is 25.2 Å². The molecular weight excluding hydrogens is 378 g/mol. The number of carbonyl (C=O) groups excluding carboxylic acids is 3. The van der Waals surface area contributed by atoms with Crippen LogP contribution in [0.3, 0.4) is 0 Å². The van der Waals surface area contributed by atoms with Gasteiger partial charge in [0.2, 0.25) is 11.8 Å². The highest BCUT2D eigenvalue weighted by Gasteiger charge is 2.53. The molecule has 2 N–H and O–H groups in total. The zero-order chi connectivity index (χ0) is 21.3. The number of nitrogens with zero attached hydrogens (tertiary/aromatic N) is 1. The van der Waals surface area contributed by atoms with Gasteiger partial charge in [-0.25, -0.2) is 0 Å². The van der Waals surface area contributed by atoms with Crippen molar-refractivity contribution in [3.8, 4) is 0 Å². The molecule has 1 spiro atoms. The third-order valence-corrected chi connectivity index (χ3v) is 6.32. The van der Waals surface area contributed by atoms with Crippen LogP contribution in [0.15, 0.2) is 48.5 Å². The van der Waals surface area contributed by atoms with Crippen LogP contribution in [-0.2, 0) is 16.1 Å². The molecule has 2 aromatic carbocycles. The van der Waals surface area contributed by atoms with Gasteiger partial charge < -0.3 is 15.5 Å². The van der Waals surface area contributed by atoms with Gasteiger partial charge in [-0.05, 0) is 49.9 Å². The van der Waals surface area contributed by atoms with E-state index < -0.39 is 11.5 Å². The molecule has 6 nitrogen and oxygen atoms in total. The molecule has 2 saturated heterocycles. The van der Waals surface area contributed by atoms with Gasteiger partial charge in [0.1, 0.15) is 6.04 Å². The van der Waals surface area contributed by atoms with E-state index in [1.165, 1.54) is 0 Å². The maximum Gasteiger partial charge on any atom is 0.253 e. The first kappa shape index (κ1) is 20.1. The van der Waals surface area contributed by atoms with Gasteiger partial charge in [0.15, 0.2) is 0 Å². The molecule has 156 valence electrons. The van der Waals surface area contributed by atoms with E-state index in [1.54, 1.807) is 17.0 Å². The second-order valence-corrected chi connectivity index (χ2v) is 8.50. The Morgan fingerprint density at radius 2 is 1.93 bits per heavy atom. The third-order valence-electron chi connectivity index (χ3n) is 6.32. The first-order valence-corrected chi connectivity index (χ1v) is 10.4. The van der Waals surface area contributed by atoms with Crippen LogP contribution in [0.5, 0.6) is 0 Å². The lowest BCUT2D eigenvalue weighted by Crippen LogP contribution is -2.41. The van der Waals surface area contributed by atoms with E-state index in [0.717, 1.165) is 16.7 Å². The van der Waals surface area contributed by atoms with Crippen molar-refractivity contribution in [3.63, 3.8) is 0 Å². The molecule has 0 saturated carbocycles. The molecule has 0 aliphatic carbocycles. The largest absolute Gasteiger partial charge is 0.350 e. The molecule has 2 atom stereocenters. The van der Waals surface area contributed by atoms with Gasteiger partial charge >= 0.3 is 0 Å². The minimum Gasteiger partial charge on any atom is -0.350 e. The Balaban J connectivity index is 1.38. The molecule has 2 fully saturated rings. The van der Waals surface area contributed by atoms with Crippen molar-refractivity contribution < 1.29 is 14.4 Å². The average molecular weight is 405 g/mol. The number of hydrogen-bond acceptors (Lipinski definition) is 3. The summed E-state index contributed by atoms with van der Waals surface area (Å²) in [6.45, 7) is 5.36. The highest BCUT2D eigenvalue weighted by Crippen LogP contribution is 2.40. The van der Waals surface area contributed by atoms with Crippen LogP contribution in [0.2, 0.25) is 0 Å². The maximum absolute atomic E-state index is 12.8. The van der Waals surface area contributed by atoms with Crippen molar-refractivity contribution in [3.05, 3.63) is 70.8 Å². The van der Waals surface area contributed by atoms with Crippen LogP contribution in [-0.4, -0.2) is 41.8 Å². The fourth-order valence-electron chi connectivity index (χ4n) is 4.46. The Bertz CT molecular complexity index is 988. The fraction of sp³-hybridized carbons (Fsp3) is 0.375. The monoisotopic (exact) mass is 405 g/mol. The summed E-state index contributed by atoms with van der Waals surface area (Å²) in [7, 11) is 0. The molecular formula is C24H27N3O3. The lowest BCUT2D eigenvalue weighted by atomic mass is 9.84. The molecule has 30 heavy (non-hydrogen) atoms. The van der Waals surface area contributed by atoms with Gasteiger partial charge in [-0.3, -0.25) is 14.4 Å². The normalized spacial score (nSPS) is 22.9. The minimum absolute atomic E-state index is 0.0666. The number of hydrogen-bond donors (Lipinski definition) is 2. The molecule has 3 amide bonds. The second-order valence-electron chi connectivity index (χ2n) is 8.50. The Morgan fingerprint density at radius 1 is 1.17 bits per heavy atom. The summed E-state index contributed by atoms with van der Waals surface area (Å²) in [6, 6.07) is 14.7. The summed E-state index contributed by atoms with van der Waals surface area (Å²) in [6.07, 6.45) is 1.00. The number of aryl methyl sites for hydroxylation is 2. The van der Waals surface area contributed by atoms with Crippen molar-refractivity contribution in [2.24, 2.45) is 5.41 Å². The molecule has 0 radical (unpaired) electrons. The van der Waals surface area contributed by atoms with Gasteiger partial charge in [-0.15, -0.1) is 0 Å². The Labute approximate surface area is 176 Å².